The first-order valence-corrected chi connectivity index (χ1v) is 6.31. The van der Waals surface area contributed by atoms with E-state index < -0.39 is 0 Å². The standard InChI is InChI=1S/C12H9ClN2OS/c1-6-5-17-11(10(6)13)12-15-8-4-7(14)2-3-9(8)16-12/h2-5H,14H2,1H3. The van der Waals surface area contributed by atoms with Gasteiger partial charge >= 0.3 is 0 Å². The molecule has 0 aliphatic rings. The normalized spacial score (nSPS) is 11.2. The van der Waals surface area contributed by atoms with Crippen molar-refractivity contribution in [3.63, 3.8) is 0 Å². The van der Waals surface area contributed by atoms with Crippen molar-refractivity contribution in [2.45, 2.75) is 6.92 Å². The smallest absolute Gasteiger partial charge is 0.239 e. The molecule has 0 atom stereocenters. The average molecular weight is 265 g/mol. The molecule has 3 aromatic rings. The minimum atomic E-state index is 0.550. The van der Waals surface area contributed by atoms with E-state index in [9.17, 15) is 0 Å². The summed E-state index contributed by atoms with van der Waals surface area (Å²) in [5.74, 6) is 0.550. The molecule has 2 N–H and O–H groups in total. The lowest BCUT2D eigenvalue weighted by atomic mass is 10.3. The summed E-state index contributed by atoms with van der Waals surface area (Å²) in [6.45, 7) is 1.96. The highest BCUT2D eigenvalue weighted by Crippen LogP contribution is 2.37. The van der Waals surface area contributed by atoms with Gasteiger partial charge in [0.15, 0.2) is 5.58 Å². The molecule has 5 heteroatoms. The lowest BCUT2D eigenvalue weighted by molar-refractivity contribution is 0.621. The maximum absolute atomic E-state index is 6.19. The number of aromatic nitrogens is 1. The number of hydrogen-bond donors (Lipinski definition) is 1. The van der Waals surface area contributed by atoms with E-state index in [-0.39, 0.29) is 0 Å². The Morgan fingerprint density at radius 2 is 2.24 bits per heavy atom. The van der Waals surface area contributed by atoms with E-state index in [2.05, 4.69) is 4.98 Å². The fourth-order valence-corrected chi connectivity index (χ4v) is 2.81. The molecule has 0 spiro atoms. The fraction of sp³-hybridized carbons (Fsp3) is 0.0833. The molecule has 0 bridgehead atoms. The SMILES string of the molecule is Cc1csc(-c2nc3cc(N)ccc3o2)c1Cl. The fourth-order valence-electron chi connectivity index (χ4n) is 1.62. The Kier molecular flexibility index (Phi) is 2.34. The van der Waals surface area contributed by atoms with Gasteiger partial charge in [-0.3, -0.25) is 0 Å². The Balaban J connectivity index is 2.21. The number of nitrogens with zero attached hydrogens (tertiary/aromatic N) is 1. The zero-order valence-corrected chi connectivity index (χ0v) is 10.6. The molecular formula is C12H9ClN2OS. The topological polar surface area (TPSA) is 52.0 Å². The summed E-state index contributed by atoms with van der Waals surface area (Å²) >= 11 is 7.72. The molecule has 3 nitrogen and oxygen atoms in total. The number of halogens is 1. The number of thiophene rings is 1. The van der Waals surface area contributed by atoms with Gasteiger partial charge in [0, 0.05) is 5.69 Å². The minimum absolute atomic E-state index is 0.550. The van der Waals surface area contributed by atoms with Crippen molar-refractivity contribution < 1.29 is 4.42 Å². The Morgan fingerprint density at radius 3 is 2.94 bits per heavy atom. The van der Waals surface area contributed by atoms with Gasteiger partial charge in [-0.15, -0.1) is 11.3 Å². The summed E-state index contributed by atoms with van der Waals surface area (Å²) in [4.78, 5) is 5.26. The first-order chi connectivity index (χ1) is 8.15. The summed E-state index contributed by atoms with van der Waals surface area (Å²) in [6.07, 6.45) is 0. The van der Waals surface area contributed by atoms with Crippen LogP contribution in [0.3, 0.4) is 0 Å². The van der Waals surface area contributed by atoms with Crippen LogP contribution < -0.4 is 5.73 Å². The lowest BCUT2D eigenvalue weighted by Crippen LogP contribution is -1.82. The molecule has 0 aliphatic heterocycles. The summed E-state index contributed by atoms with van der Waals surface area (Å²) < 4.78 is 5.66. The average Bonchev–Trinajstić information content (AvgIpc) is 2.83. The Hall–Kier alpha value is -1.52. The summed E-state index contributed by atoms with van der Waals surface area (Å²) in [6, 6.07) is 5.39. The zero-order valence-electron chi connectivity index (χ0n) is 9.03. The van der Waals surface area contributed by atoms with E-state index in [4.69, 9.17) is 21.8 Å². The van der Waals surface area contributed by atoms with E-state index in [0.29, 0.717) is 16.6 Å². The van der Waals surface area contributed by atoms with Crippen LogP contribution in [-0.2, 0) is 0 Å². The largest absolute Gasteiger partial charge is 0.435 e. The maximum atomic E-state index is 6.19. The van der Waals surface area contributed by atoms with Crippen LogP contribution >= 0.6 is 22.9 Å². The van der Waals surface area contributed by atoms with E-state index in [1.807, 2.05) is 18.4 Å². The Labute approximate surface area is 107 Å². The molecule has 2 heterocycles. The van der Waals surface area contributed by atoms with Gasteiger partial charge in [-0.05, 0) is 36.1 Å². The van der Waals surface area contributed by atoms with Crippen molar-refractivity contribution >= 4 is 39.7 Å². The number of fused-ring (bicyclic) bond motifs is 1. The predicted octanol–water partition coefficient (Wildman–Crippen LogP) is 4.10. The van der Waals surface area contributed by atoms with Crippen LogP contribution in [0, 0.1) is 6.92 Å². The number of oxazole rings is 1. The van der Waals surface area contributed by atoms with Crippen LogP contribution in [0.2, 0.25) is 5.02 Å². The van der Waals surface area contributed by atoms with Crippen LogP contribution in [0.25, 0.3) is 21.9 Å². The van der Waals surface area contributed by atoms with Gasteiger partial charge in [-0.1, -0.05) is 11.6 Å². The van der Waals surface area contributed by atoms with Gasteiger partial charge in [0.1, 0.15) is 10.4 Å². The molecule has 0 fully saturated rings. The number of benzene rings is 1. The van der Waals surface area contributed by atoms with Crippen LogP contribution in [0.5, 0.6) is 0 Å². The van der Waals surface area contributed by atoms with Crippen LogP contribution in [0.4, 0.5) is 5.69 Å². The Morgan fingerprint density at radius 1 is 1.41 bits per heavy atom. The number of aryl methyl sites for hydroxylation is 1. The Bertz CT molecular complexity index is 702. The van der Waals surface area contributed by atoms with Gasteiger partial charge in [-0.25, -0.2) is 4.98 Å². The van der Waals surface area contributed by atoms with E-state index in [1.165, 1.54) is 11.3 Å². The second-order valence-corrected chi connectivity index (χ2v) is 5.07. The first-order valence-electron chi connectivity index (χ1n) is 5.05. The van der Waals surface area contributed by atoms with Gasteiger partial charge < -0.3 is 10.2 Å². The van der Waals surface area contributed by atoms with Crippen molar-refractivity contribution in [3.8, 4) is 10.8 Å². The summed E-state index contributed by atoms with van der Waals surface area (Å²) in [7, 11) is 0. The molecule has 17 heavy (non-hydrogen) atoms. The third-order valence-electron chi connectivity index (χ3n) is 2.50. The second kappa shape index (κ2) is 3.75. The highest BCUT2D eigenvalue weighted by Gasteiger charge is 2.15. The first kappa shape index (κ1) is 10.6. The van der Waals surface area contributed by atoms with Gasteiger partial charge in [0.05, 0.1) is 5.02 Å². The molecule has 0 radical (unpaired) electrons. The summed E-state index contributed by atoms with van der Waals surface area (Å²) in [5, 5.41) is 2.69. The number of rotatable bonds is 1. The zero-order chi connectivity index (χ0) is 12.0. The third-order valence-corrected chi connectivity index (χ3v) is 4.19. The molecule has 0 saturated heterocycles. The second-order valence-electron chi connectivity index (χ2n) is 3.81. The molecule has 0 aliphatic carbocycles. The van der Waals surface area contributed by atoms with E-state index >= 15 is 0 Å². The van der Waals surface area contributed by atoms with Crippen molar-refractivity contribution in [2.75, 3.05) is 5.73 Å². The van der Waals surface area contributed by atoms with Crippen LogP contribution in [-0.4, -0.2) is 4.98 Å². The highest BCUT2D eigenvalue weighted by atomic mass is 35.5. The minimum Gasteiger partial charge on any atom is -0.435 e. The van der Waals surface area contributed by atoms with Gasteiger partial charge in [0.25, 0.3) is 0 Å². The molecule has 0 saturated carbocycles. The van der Waals surface area contributed by atoms with Crippen molar-refractivity contribution in [1.82, 2.24) is 4.98 Å². The highest BCUT2D eigenvalue weighted by molar-refractivity contribution is 7.14. The maximum Gasteiger partial charge on any atom is 0.239 e. The quantitative estimate of drug-likeness (QED) is 0.673. The van der Waals surface area contributed by atoms with Crippen molar-refractivity contribution in [3.05, 3.63) is 34.2 Å². The lowest BCUT2D eigenvalue weighted by Gasteiger charge is -1.90. The molecular weight excluding hydrogens is 256 g/mol. The predicted molar refractivity (Wildman–Crippen MR) is 71.5 cm³/mol. The molecule has 0 amide bonds. The molecule has 86 valence electrons. The van der Waals surface area contributed by atoms with Crippen molar-refractivity contribution in [2.24, 2.45) is 0 Å². The monoisotopic (exact) mass is 264 g/mol. The molecule has 2 aromatic heterocycles. The number of hydrogen-bond acceptors (Lipinski definition) is 4. The van der Waals surface area contributed by atoms with Gasteiger partial charge in [-0.2, -0.15) is 0 Å². The third kappa shape index (κ3) is 1.69. The van der Waals surface area contributed by atoms with E-state index in [1.54, 1.807) is 12.1 Å². The van der Waals surface area contributed by atoms with Crippen molar-refractivity contribution in [1.29, 1.82) is 0 Å². The van der Waals surface area contributed by atoms with Gasteiger partial charge in [0.2, 0.25) is 5.89 Å². The molecule has 3 rings (SSSR count). The molecule has 1 aromatic carbocycles. The number of nitrogens with two attached hydrogens (primary N) is 1. The number of anilines is 1. The molecule has 0 unspecified atom stereocenters. The van der Waals surface area contributed by atoms with E-state index in [0.717, 1.165) is 21.5 Å². The number of nitrogen functional groups attached to an aromatic ring is 1. The summed E-state index contributed by atoms with van der Waals surface area (Å²) in [5.41, 5.74) is 8.88. The van der Waals surface area contributed by atoms with Crippen LogP contribution in [0.15, 0.2) is 28.0 Å². The van der Waals surface area contributed by atoms with Crippen LogP contribution in [0.1, 0.15) is 5.56 Å².